The Morgan fingerprint density at radius 2 is 2.44 bits per heavy atom. The van der Waals surface area contributed by atoms with Crippen LogP contribution in [0, 0.1) is 0 Å². The Bertz CT molecular complexity index is 130. The van der Waals surface area contributed by atoms with Crippen LogP contribution in [0.2, 0.25) is 0 Å². The number of hydrogen-bond donors (Lipinski definition) is 2. The van der Waals surface area contributed by atoms with Gasteiger partial charge in [-0.15, -0.1) is 11.6 Å². The molecule has 0 saturated heterocycles. The van der Waals surface area contributed by atoms with Gasteiger partial charge in [-0.1, -0.05) is 0 Å². The normalized spacial score (nSPS) is 20.9. The third-order valence-corrected chi connectivity index (χ3v) is 1.42. The zero-order valence-electron chi connectivity index (χ0n) is 4.33. The van der Waals surface area contributed by atoms with Crippen LogP contribution in [0.25, 0.3) is 0 Å². The average molecular weight is 194 g/mol. The molecule has 0 spiro atoms. The molecule has 0 amide bonds. The van der Waals surface area contributed by atoms with Crippen LogP contribution in [0.5, 0.6) is 0 Å². The Morgan fingerprint density at radius 1 is 2.00 bits per heavy atom. The van der Waals surface area contributed by atoms with Crippen molar-refractivity contribution in [2.45, 2.75) is 6.36 Å². The van der Waals surface area contributed by atoms with E-state index in [0.717, 1.165) is 0 Å². The van der Waals surface area contributed by atoms with Crippen molar-refractivity contribution in [3.63, 3.8) is 0 Å². The fraction of sp³-hybridized carbons (Fsp3) is 1.00. The molecular formula is C2H6ClFNO2PS. The molecule has 2 unspecified atom stereocenters. The summed E-state index contributed by atoms with van der Waals surface area (Å²) in [7, 11) is 0. The Balaban J connectivity index is 3.60. The highest BCUT2D eigenvalue weighted by Crippen LogP contribution is 2.34. The van der Waals surface area contributed by atoms with Gasteiger partial charge >= 0.3 is 0 Å². The molecule has 0 radical (unpaired) electrons. The fourth-order valence-electron chi connectivity index (χ4n) is 0.192. The van der Waals surface area contributed by atoms with Crippen molar-refractivity contribution in [3.8, 4) is 0 Å². The highest BCUT2D eigenvalue weighted by atomic mass is 35.5. The van der Waals surface area contributed by atoms with Crippen LogP contribution < -0.4 is 5.50 Å². The maximum absolute atomic E-state index is 12.0. The van der Waals surface area contributed by atoms with Crippen molar-refractivity contribution in [2.75, 3.05) is 5.88 Å². The van der Waals surface area contributed by atoms with Gasteiger partial charge in [0.25, 0.3) is 6.64 Å². The molecule has 0 aliphatic heterocycles. The van der Waals surface area contributed by atoms with Crippen LogP contribution in [-0.4, -0.2) is 17.1 Å². The summed E-state index contributed by atoms with van der Waals surface area (Å²) in [6, 6.07) is 0. The van der Waals surface area contributed by atoms with Crippen molar-refractivity contribution >= 4 is 30.1 Å². The fourth-order valence-corrected chi connectivity index (χ4v) is 1.03. The Labute approximate surface area is 62.2 Å². The van der Waals surface area contributed by atoms with Gasteiger partial charge in [0.05, 0.1) is 5.88 Å². The average Bonchev–Trinajstić information content (AvgIpc) is 1.62. The van der Waals surface area contributed by atoms with E-state index in [4.69, 9.17) is 22.0 Å². The van der Waals surface area contributed by atoms with Gasteiger partial charge in [0.15, 0.2) is 0 Å². The molecule has 0 aliphatic rings. The lowest BCUT2D eigenvalue weighted by Crippen LogP contribution is -2.09. The monoisotopic (exact) mass is 193 g/mol. The first-order valence-electron chi connectivity index (χ1n) is 1.95. The molecule has 9 heavy (non-hydrogen) atoms. The second-order valence-corrected chi connectivity index (χ2v) is 4.45. The summed E-state index contributed by atoms with van der Waals surface area (Å²) in [6.45, 7) is -3.36. The zero-order chi connectivity index (χ0) is 7.49. The molecule has 7 heteroatoms. The summed E-state index contributed by atoms with van der Waals surface area (Å²) in [5.74, 6) is -0.379. The van der Waals surface area contributed by atoms with Gasteiger partial charge in [0, 0.05) is 0 Å². The molecule has 0 bridgehead atoms. The van der Waals surface area contributed by atoms with Crippen molar-refractivity contribution < 1.29 is 13.8 Å². The van der Waals surface area contributed by atoms with Crippen molar-refractivity contribution in [2.24, 2.45) is 5.50 Å². The largest absolute Gasteiger partial charge is 0.334 e. The van der Waals surface area contributed by atoms with Gasteiger partial charge in [-0.2, -0.15) is 0 Å². The topological polar surface area (TPSA) is 55.5 Å². The molecule has 0 rings (SSSR count). The molecule has 3 nitrogen and oxygen atoms in total. The molecule has 0 aromatic heterocycles. The van der Waals surface area contributed by atoms with Crippen LogP contribution >= 0.6 is 18.2 Å². The lowest BCUT2D eigenvalue weighted by Gasteiger charge is -2.10. The summed E-state index contributed by atoms with van der Waals surface area (Å²) in [6.07, 6.45) is -1.77. The molecule has 0 heterocycles. The highest BCUT2D eigenvalue weighted by molar-refractivity contribution is 8.08. The Morgan fingerprint density at radius 3 is 2.56 bits per heavy atom. The summed E-state index contributed by atoms with van der Waals surface area (Å²) < 4.78 is 16.0. The highest BCUT2D eigenvalue weighted by Gasteiger charge is 2.13. The van der Waals surface area contributed by atoms with E-state index in [-0.39, 0.29) is 5.88 Å². The lowest BCUT2D eigenvalue weighted by molar-refractivity contribution is 0.0902. The SMILES string of the molecule is NP(O)(=S)OC(F)CCl. The van der Waals surface area contributed by atoms with Crippen molar-refractivity contribution in [1.82, 2.24) is 0 Å². The molecule has 56 valence electrons. The summed E-state index contributed by atoms with van der Waals surface area (Å²) in [5.41, 5.74) is 4.77. The van der Waals surface area contributed by atoms with Crippen molar-refractivity contribution in [1.29, 1.82) is 0 Å². The molecule has 0 saturated carbocycles. The van der Waals surface area contributed by atoms with E-state index in [0.29, 0.717) is 0 Å². The van der Waals surface area contributed by atoms with Gasteiger partial charge in [0.2, 0.25) is 6.36 Å². The number of alkyl halides is 2. The standard InChI is InChI=1S/C2H6ClFNO2PS/c3-1-2(4)7-8(5,6)9/h2H,1H2,(H3,5,6,9). The maximum atomic E-state index is 12.0. The predicted octanol–water partition coefficient (Wildman–Crippen LogP) is 0.713. The molecular weight excluding hydrogens is 188 g/mol. The number of hydrogen-bond acceptors (Lipinski definition) is 2. The molecule has 0 aromatic carbocycles. The lowest BCUT2D eigenvalue weighted by atomic mass is 10.8. The molecule has 0 aliphatic carbocycles. The van der Waals surface area contributed by atoms with E-state index in [1.807, 2.05) is 0 Å². The smallest absolute Gasteiger partial charge is 0.258 e. The van der Waals surface area contributed by atoms with E-state index >= 15 is 0 Å². The maximum Gasteiger partial charge on any atom is 0.258 e. The van der Waals surface area contributed by atoms with E-state index in [2.05, 4.69) is 16.3 Å². The van der Waals surface area contributed by atoms with Crippen LogP contribution in [0.15, 0.2) is 0 Å². The summed E-state index contributed by atoms with van der Waals surface area (Å²) in [4.78, 5) is 8.50. The van der Waals surface area contributed by atoms with Crippen LogP contribution in [0.3, 0.4) is 0 Å². The third-order valence-electron chi connectivity index (χ3n) is 0.387. The minimum atomic E-state index is -3.36. The van der Waals surface area contributed by atoms with Crippen LogP contribution in [0.4, 0.5) is 4.39 Å². The number of nitrogens with two attached hydrogens (primary N) is 1. The van der Waals surface area contributed by atoms with Crippen LogP contribution in [0.1, 0.15) is 0 Å². The minimum absolute atomic E-state index is 0.379. The van der Waals surface area contributed by atoms with Gasteiger partial charge in [-0.25, -0.2) is 4.39 Å². The van der Waals surface area contributed by atoms with Gasteiger partial charge < -0.3 is 4.89 Å². The second-order valence-electron chi connectivity index (χ2n) is 1.23. The quantitative estimate of drug-likeness (QED) is 0.512. The van der Waals surface area contributed by atoms with Crippen molar-refractivity contribution in [3.05, 3.63) is 0 Å². The van der Waals surface area contributed by atoms with E-state index in [1.165, 1.54) is 0 Å². The molecule has 0 fully saturated rings. The molecule has 3 N–H and O–H groups in total. The first-order chi connectivity index (χ1) is 3.95. The number of halogens is 2. The van der Waals surface area contributed by atoms with E-state index in [9.17, 15) is 4.39 Å². The minimum Gasteiger partial charge on any atom is -0.334 e. The Kier molecular flexibility index (Phi) is 4.12. The Hall–Kier alpha value is 0.750. The first kappa shape index (κ1) is 9.75. The third kappa shape index (κ3) is 6.64. The first-order valence-corrected chi connectivity index (χ1v) is 5.23. The molecule has 0 aromatic rings. The second kappa shape index (κ2) is 3.81. The van der Waals surface area contributed by atoms with Gasteiger partial charge in [0.1, 0.15) is 0 Å². The summed E-state index contributed by atoms with van der Waals surface area (Å²) in [5, 5.41) is 0. The number of rotatable bonds is 3. The van der Waals surface area contributed by atoms with E-state index < -0.39 is 13.0 Å². The van der Waals surface area contributed by atoms with Gasteiger partial charge in [-0.3, -0.25) is 10.0 Å². The van der Waals surface area contributed by atoms with Crippen LogP contribution in [-0.2, 0) is 16.3 Å². The molecule has 2 atom stereocenters. The van der Waals surface area contributed by atoms with E-state index in [1.54, 1.807) is 0 Å². The summed E-state index contributed by atoms with van der Waals surface area (Å²) >= 11 is 9.11. The van der Waals surface area contributed by atoms with Gasteiger partial charge in [-0.05, 0) is 11.8 Å². The predicted molar refractivity (Wildman–Crippen MR) is 37.4 cm³/mol. The zero-order valence-corrected chi connectivity index (χ0v) is 6.80.